The summed E-state index contributed by atoms with van der Waals surface area (Å²) in [4.78, 5) is 28.0. The second-order valence-corrected chi connectivity index (χ2v) is 6.14. The van der Waals surface area contributed by atoms with Crippen molar-refractivity contribution in [3.63, 3.8) is 0 Å². The Morgan fingerprint density at radius 2 is 1.86 bits per heavy atom. The molecule has 2 aromatic carbocycles. The lowest BCUT2D eigenvalue weighted by Gasteiger charge is -2.18. The molecule has 148 valence electrons. The summed E-state index contributed by atoms with van der Waals surface area (Å²) in [6, 6.07) is 14.6. The number of aromatic nitrogens is 2. The fourth-order valence-electron chi connectivity index (χ4n) is 2.88. The van der Waals surface area contributed by atoms with E-state index in [-0.39, 0.29) is 5.56 Å². The van der Waals surface area contributed by atoms with Gasteiger partial charge < -0.3 is 14.6 Å². The van der Waals surface area contributed by atoms with Crippen molar-refractivity contribution < 1.29 is 29.0 Å². The van der Waals surface area contributed by atoms with Crippen LogP contribution in [0.1, 0.15) is 10.4 Å². The number of hydrogen-bond donors (Lipinski definition) is 2. The van der Waals surface area contributed by atoms with Crippen molar-refractivity contribution in [3.8, 4) is 28.4 Å². The molecule has 9 nitrogen and oxygen atoms in total. The number of hydrogen-bond acceptors (Lipinski definition) is 6. The molecule has 0 bridgehead atoms. The van der Waals surface area contributed by atoms with Crippen LogP contribution < -0.4 is 15.0 Å². The van der Waals surface area contributed by atoms with Crippen molar-refractivity contribution in [3.05, 3.63) is 60.3 Å². The molecule has 1 aliphatic heterocycles. The summed E-state index contributed by atoms with van der Waals surface area (Å²) in [7, 11) is 0. The number of nitrogens with zero attached hydrogens (tertiary/aromatic N) is 2. The van der Waals surface area contributed by atoms with Crippen LogP contribution >= 0.6 is 0 Å². The van der Waals surface area contributed by atoms with Crippen molar-refractivity contribution in [2.75, 3.05) is 19.8 Å². The number of rotatable bonds is 6. The van der Waals surface area contributed by atoms with E-state index in [4.69, 9.17) is 19.4 Å². The molecule has 1 aromatic heterocycles. The highest BCUT2D eigenvalue weighted by molar-refractivity contribution is 5.99. The van der Waals surface area contributed by atoms with E-state index >= 15 is 0 Å². The molecule has 4 rings (SSSR count). The van der Waals surface area contributed by atoms with Crippen molar-refractivity contribution >= 4 is 11.9 Å². The van der Waals surface area contributed by atoms with Gasteiger partial charge in [-0.1, -0.05) is 18.2 Å². The van der Waals surface area contributed by atoms with Crippen LogP contribution in [0.25, 0.3) is 16.9 Å². The van der Waals surface area contributed by atoms with E-state index in [1.165, 1.54) is 0 Å². The summed E-state index contributed by atoms with van der Waals surface area (Å²) in [5, 5.41) is 13.2. The largest absolute Gasteiger partial charge is 0.486 e. The predicted molar refractivity (Wildman–Crippen MR) is 101 cm³/mol. The molecule has 0 fully saturated rings. The third-order valence-corrected chi connectivity index (χ3v) is 4.16. The Labute approximate surface area is 165 Å². The van der Waals surface area contributed by atoms with Gasteiger partial charge in [0.25, 0.3) is 5.91 Å². The van der Waals surface area contributed by atoms with Crippen LogP contribution in [0.5, 0.6) is 11.5 Å². The highest BCUT2D eigenvalue weighted by atomic mass is 16.7. The van der Waals surface area contributed by atoms with Crippen LogP contribution in [0.4, 0.5) is 0 Å². The summed E-state index contributed by atoms with van der Waals surface area (Å²) in [5.74, 6) is -0.620. The lowest BCUT2D eigenvalue weighted by atomic mass is 10.1. The summed E-state index contributed by atoms with van der Waals surface area (Å²) in [5.41, 5.74) is 4.15. The minimum absolute atomic E-state index is 0.218. The van der Waals surface area contributed by atoms with E-state index < -0.39 is 18.5 Å². The number of carboxylic acids is 1. The number of ether oxygens (including phenoxy) is 2. The highest BCUT2D eigenvalue weighted by Gasteiger charge is 2.21. The van der Waals surface area contributed by atoms with Gasteiger partial charge in [0.1, 0.15) is 18.9 Å². The zero-order valence-corrected chi connectivity index (χ0v) is 15.2. The molecule has 0 saturated carbocycles. The van der Waals surface area contributed by atoms with Gasteiger partial charge in [-0.3, -0.25) is 9.63 Å². The van der Waals surface area contributed by atoms with E-state index in [1.54, 1.807) is 29.1 Å². The second-order valence-electron chi connectivity index (χ2n) is 6.14. The van der Waals surface area contributed by atoms with Crippen LogP contribution in [0.2, 0.25) is 0 Å². The molecule has 9 heteroatoms. The summed E-state index contributed by atoms with van der Waals surface area (Å²) < 4.78 is 12.7. The molecule has 0 aliphatic carbocycles. The Hall–Kier alpha value is -3.85. The maximum atomic E-state index is 12.6. The Kier molecular flexibility index (Phi) is 5.12. The first-order valence-corrected chi connectivity index (χ1v) is 8.81. The summed E-state index contributed by atoms with van der Waals surface area (Å²) >= 11 is 0. The first-order chi connectivity index (χ1) is 14.1. The van der Waals surface area contributed by atoms with Crippen LogP contribution in [0, 0.1) is 0 Å². The van der Waals surface area contributed by atoms with Gasteiger partial charge in [-0.25, -0.2) is 15.0 Å². The minimum Gasteiger partial charge on any atom is -0.486 e. The molecular weight excluding hydrogens is 378 g/mol. The van der Waals surface area contributed by atoms with E-state index in [9.17, 15) is 9.59 Å². The number of carbonyl (C=O) groups is 2. The molecule has 2 N–H and O–H groups in total. The smallest absolute Gasteiger partial charge is 0.332 e. The quantitative estimate of drug-likeness (QED) is 0.615. The number of hydroxylamine groups is 1. The molecule has 1 amide bonds. The van der Waals surface area contributed by atoms with Crippen molar-refractivity contribution in [1.29, 1.82) is 0 Å². The Morgan fingerprint density at radius 3 is 2.62 bits per heavy atom. The third kappa shape index (κ3) is 4.04. The molecule has 0 atom stereocenters. The van der Waals surface area contributed by atoms with Crippen molar-refractivity contribution in [2.45, 2.75) is 0 Å². The number of carboxylic acid groups (broad SMARTS) is 1. The fraction of sp³-hybridized carbons (Fsp3) is 0.150. The lowest BCUT2D eigenvalue weighted by molar-refractivity contribution is -0.144. The van der Waals surface area contributed by atoms with E-state index in [2.05, 4.69) is 10.6 Å². The van der Waals surface area contributed by atoms with E-state index in [1.807, 2.05) is 30.3 Å². The molecule has 1 aliphatic rings. The number of fused-ring (bicyclic) bond motifs is 1. The number of para-hydroxylation sites is 1. The molecule has 0 unspecified atom stereocenters. The van der Waals surface area contributed by atoms with Gasteiger partial charge in [-0.05, 0) is 30.3 Å². The molecule has 0 spiro atoms. The fourth-order valence-corrected chi connectivity index (χ4v) is 2.88. The van der Waals surface area contributed by atoms with Crippen LogP contribution in [0.15, 0.2) is 54.7 Å². The van der Waals surface area contributed by atoms with Gasteiger partial charge in [0.15, 0.2) is 18.1 Å². The first kappa shape index (κ1) is 18.5. The highest BCUT2D eigenvalue weighted by Crippen LogP contribution is 2.35. The SMILES string of the molecule is O=C(O)CONC(=O)c1cn(-c2ccccc2)nc1-c1ccc2c(c1)OCCO2. The molecule has 0 radical (unpaired) electrons. The van der Waals surface area contributed by atoms with Crippen molar-refractivity contribution in [2.24, 2.45) is 0 Å². The van der Waals surface area contributed by atoms with E-state index in [0.717, 1.165) is 5.69 Å². The van der Waals surface area contributed by atoms with Gasteiger partial charge in [0.05, 0.1) is 11.3 Å². The van der Waals surface area contributed by atoms with Crippen molar-refractivity contribution in [1.82, 2.24) is 15.3 Å². The van der Waals surface area contributed by atoms with Gasteiger partial charge >= 0.3 is 5.97 Å². The average Bonchev–Trinajstić information content (AvgIpc) is 3.19. The molecular formula is C20H17N3O6. The number of nitrogens with one attached hydrogen (secondary N) is 1. The predicted octanol–water partition coefficient (Wildman–Crippen LogP) is 2.06. The standard InChI is InChI=1S/C20H17N3O6/c24-18(25)12-29-22-20(26)15-11-23(14-4-2-1-3-5-14)21-19(15)13-6-7-16-17(10-13)28-9-8-27-16/h1-7,10-11H,8-9,12H2,(H,22,26)(H,24,25). The van der Waals surface area contributed by atoms with Gasteiger partial charge in [-0.15, -0.1) is 0 Å². The Balaban J connectivity index is 1.72. The minimum atomic E-state index is -1.20. The molecule has 2 heterocycles. The number of aliphatic carboxylic acids is 1. The number of benzene rings is 2. The van der Waals surface area contributed by atoms with Gasteiger partial charge in [0, 0.05) is 11.8 Å². The maximum Gasteiger partial charge on any atom is 0.332 e. The normalized spacial score (nSPS) is 12.4. The topological polar surface area (TPSA) is 112 Å². The molecule has 0 saturated heterocycles. The van der Waals surface area contributed by atoms with Crippen LogP contribution in [-0.2, 0) is 9.63 Å². The first-order valence-electron chi connectivity index (χ1n) is 8.81. The maximum absolute atomic E-state index is 12.6. The van der Waals surface area contributed by atoms with Gasteiger partial charge in [0.2, 0.25) is 0 Å². The zero-order valence-electron chi connectivity index (χ0n) is 15.2. The Morgan fingerprint density at radius 1 is 1.10 bits per heavy atom. The van der Waals surface area contributed by atoms with Crippen LogP contribution in [0.3, 0.4) is 0 Å². The number of carbonyl (C=O) groups excluding carboxylic acids is 1. The molecule has 3 aromatic rings. The lowest BCUT2D eigenvalue weighted by Crippen LogP contribution is -2.26. The van der Waals surface area contributed by atoms with Gasteiger partial charge in [-0.2, -0.15) is 5.10 Å². The van der Waals surface area contributed by atoms with Crippen LogP contribution in [-0.4, -0.2) is 46.6 Å². The zero-order chi connectivity index (χ0) is 20.2. The average molecular weight is 395 g/mol. The monoisotopic (exact) mass is 395 g/mol. The summed E-state index contributed by atoms with van der Waals surface area (Å²) in [6.07, 6.45) is 1.56. The number of amides is 1. The third-order valence-electron chi connectivity index (χ3n) is 4.16. The second kappa shape index (κ2) is 8.03. The molecule has 29 heavy (non-hydrogen) atoms. The van der Waals surface area contributed by atoms with E-state index in [0.29, 0.717) is 36.0 Å². The summed E-state index contributed by atoms with van der Waals surface area (Å²) in [6.45, 7) is 0.257. The Bertz CT molecular complexity index is 1050.